The minimum absolute atomic E-state index is 0.531. The van der Waals surface area contributed by atoms with Crippen LogP contribution < -0.4 is 0 Å². The topological polar surface area (TPSA) is 0 Å². The molecule has 0 N–H and O–H groups in total. The maximum atomic E-state index is 2.39. The third-order valence-corrected chi connectivity index (χ3v) is 3.54. The van der Waals surface area contributed by atoms with E-state index in [0.717, 1.165) is 11.8 Å². The van der Waals surface area contributed by atoms with Gasteiger partial charge in [-0.1, -0.05) is 54.4 Å². The first-order valence-electron chi connectivity index (χ1n) is 5.40. The Morgan fingerprint density at radius 1 is 1.08 bits per heavy atom. The van der Waals surface area contributed by atoms with Crippen LogP contribution in [0.25, 0.3) is 0 Å². The minimum atomic E-state index is 0.531. The fourth-order valence-corrected chi connectivity index (χ4v) is 1.11. The van der Waals surface area contributed by atoms with Crippen LogP contribution in [0.5, 0.6) is 0 Å². The molecule has 0 aromatic heterocycles. The average Bonchev–Trinajstić information content (AvgIpc) is 2.00. The molecule has 0 aliphatic rings. The molecule has 0 nitrogen and oxygen atoms in total. The van der Waals surface area contributed by atoms with Gasteiger partial charge in [0.25, 0.3) is 0 Å². The van der Waals surface area contributed by atoms with Gasteiger partial charge in [0.05, 0.1) is 0 Å². The highest BCUT2D eigenvalue weighted by molar-refractivity contribution is 4.72. The largest absolute Gasteiger partial charge is 0.0651 e. The molecule has 0 saturated carbocycles. The van der Waals surface area contributed by atoms with Gasteiger partial charge in [-0.05, 0) is 23.7 Å². The van der Waals surface area contributed by atoms with E-state index in [1.807, 2.05) is 0 Å². The van der Waals surface area contributed by atoms with Crippen LogP contribution in [0.3, 0.4) is 0 Å². The Hall–Kier alpha value is 0. The molecule has 1 atom stereocenters. The molecule has 0 aliphatic heterocycles. The minimum Gasteiger partial charge on any atom is -0.0651 e. The van der Waals surface area contributed by atoms with E-state index in [4.69, 9.17) is 0 Å². The molecule has 0 rings (SSSR count). The average molecular weight is 170 g/mol. The Morgan fingerprint density at radius 2 is 1.58 bits per heavy atom. The number of hydrogen-bond acceptors (Lipinski definition) is 0. The van der Waals surface area contributed by atoms with Gasteiger partial charge in [0.1, 0.15) is 0 Å². The zero-order chi connectivity index (χ0) is 9.78. The third kappa shape index (κ3) is 4.13. The van der Waals surface area contributed by atoms with Crippen molar-refractivity contribution < 1.29 is 0 Å². The van der Waals surface area contributed by atoms with E-state index < -0.39 is 0 Å². The molecule has 0 fully saturated rings. The predicted octanol–water partition coefficient (Wildman–Crippen LogP) is 4.49. The molecule has 1 unspecified atom stereocenters. The van der Waals surface area contributed by atoms with Gasteiger partial charge in [-0.3, -0.25) is 0 Å². The molecule has 12 heavy (non-hydrogen) atoms. The van der Waals surface area contributed by atoms with Crippen molar-refractivity contribution in [2.75, 3.05) is 0 Å². The van der Waals surface area contributed by atoms with Gasteiger partial charge < -0.3 is 0 Å². The molecule has 0 aromatic carbocycles. The smallest absolute Gasteiger partial charge is 0.0331 e. The summed E-state index contributed by atoms with van der Waals surface area (Å²) in [5, 5.41) is 0. The summed E-state index contributed by atoms with van der Waals surface area (Å²) in [4.78, 5) is 0. The fourth-order valence-electron chi connectivity index (χ4n) is 1.11. The number of rotatable bonds is 5. The van der Waals surface area contributed by atoms with Crippen molar-refractivity contribution in [3.63, 3.8) is 0 Å². The lowest BCUT2D eigenvalue weighted by atomic mass is 9.76. The second kappa shape index (κ2) is 4.89. The van der Waals surface area contributed by atoms with Crippen LogP contribution in [0.4, 0.5) is 0 Å². The van der Waals surface area contributed by atoms with E-state index in [-0.39, 0.29) is 0 Å². The summed E-state index contributed by atoms with van der Waals surface area (Å²) in [5.74, 6) is 1.71. The molecule has 0 amide bonds. The molecular formula is C12H26. The van der Waals surface area contributed by atoms with E-state index in [1.165, 1.54) is 19.3 Å². The van der Waals surface area contributed by atoms with Gasteiger partial charge >= 0.3 is 0 Å². The van der Waals surface area contributed by atoms with Crippen LogP contribution in [0, 0.1) is 17.3 Å². The lowest BCUT2D eigenvalue weighted by molar-refractivity contribution is 0.209. The molecule has 0 heterocycles. The molecule has 0 aromatic rings. The van der Waals surface area contributed by atoms with Crippen LogP contribution in [-0.4, -0.2) is 0 Å². The van der Waals surface area contributed by atoms with Gasteiger partial charge in [0.15, 0.2) is 0 Å². The molecule has 0 bridgehead atoms. The normalized spacial score (nSPS) is 15.2. The standard InChI is InChI=1S/C12H26/c1-7-11(4)8-9-12(5,6)10(2)3/h10-11H,7-9H2,1-6H3. The highest BCUT2D eigenvalue weighted by atomic mass is 14.3. The van der Waals surface area contributed by atoms with Crippen molar-refractivity contribution in [2.45, 2.75) is 60.8 Å². The Morgan fingerprint density at radius 3 is 1.92 bits per heavy atom. The van der Waals surface area contributed by atoms with E-state index in [9.17, 15) is 0 Å². The third-order valence-electron chi connectivity index (χ3n) is 3.54. The lowest BCUT2D eigenvalue weighted by Gasteiger charge is -2.30. The maximum Gasteiger partial charge on any atom is -0.0331 e. The maximum absolute atomic E-state index is 2.39. The van der Waals surface area contributed by atoms with Crippen LogP contribution in [0.15, 0.2) is 0 Å². The van der Waals surface area contributed by atoms with E-state index in [1.54, 1.807) is 0 Å². The summed E-state index contributed by atoms with van der Waals surface area (Å²) in [7, 11) is 0. The highest BCUT2D eigenvalue weighted by Gasteiger charge is 2.22. The Kier molecular flexibility index (Phi) is 4.89. The Labute approximate surface area is 78.8 Å². The van der Waals surface area contributed by atoms with Crippen molar-refractivity contribution in [1.82, 2.24) is 0 Å². The van der Waals surface area contributed by atoms with Crippen LogP contribution in [-0.2, 0) is 0 Å². The molecule has 0 spiro atoms. The Balaban J connectivity index is 3.75. The first kappa shape index (κ1) is 12.0. The Bertz CT molecular complexity index is 111. The molecular weight excluding hydrogens is 144 g/mol. The van der Waals surface area contributed by atoms with Gasteiger partial charge in [-0.25, -0.2) is 0 Å². The first-order chi connectivity index (χ1) is 5.40. The van der Waals surface area contributed by atoms with Crippen molar-refractivity contribution in [3.05, 3.63) is 0 Å². The molecule has 0 saturated heterocycles. The summed E-state index contributed by atoms with van der Waals surface area (Å²) in [6, 6.07) is 0. The molecule has 74 valence electrons. The van der Waals surface area contributed by atoms with Crippen molar-refractivity contribution in [1.29, 1.82) is 0 Å². The first-order valence-corrected chi connectivity index (χ1v) is 5.40. The van der Waals surface area contributed by atoms with E-state index in [2.05, 4.69) is 41.5 Å². The monoisotopic (exact) mass is 170 g/mol. The van der Waals surface area contributed by atoms with Gasteiger partial charge in [0, 0.05) is 0 Å². The summed E-state index contributed by atoms with van der Waals surface area (Å²) in [5.41, 5.74) is 0.531. The number of hydrogen-bond donors (Lipinski definition) is 0. The van der Waals surface area contributed by atoms with Crippen LogP contribution in [0.2, 0.25) is 0 Å². The molecule has 0 radical (unpaired) electrons. The fraction of sp³-hybridized carbons (Fsp3) is 1.00. The summed E-state index contributed by atoms with van der Waals surface area (Å²) < 4.78 is 0. The zero-order valence-corrected chi connectivity index (χ0v) is 9.78. The molecule has 0 heteroatoms. The summed E-state index contributed by atoms with van der Waals surface area (Å²) in [6.07, 6.45) is 4.09. The lowest BCUT2D eigenvalue weighted by Crippen LogP contribution is -2.19. The summed E-state index contributed by atoms with van der Waals surface area (Å²) >= 11 is 0. The highest BCUT2D eigenvalue weighted by Crippen LogP contribution is 2.33. The zero-order valence-electron chi connectivity index (χ0n) is 9.78. The molecule has 0 aliphatic carbocycles. The summed E-state index contributed by atoms with van der Waals surface area (Å²) in [6.45, 7) is 14.1. The second-order valence-corrected chi connectivity index (χ2v) is 5.20. The van der Waals surface area contributed by atoms with Crippen molar-refractivity contribution in [3.8, 4) is 0 Å². The van der Waals surface area contributed by atoms with Crippen LogP contribution in [0.1, 0.15) is 60.8 Å². The predicted molar refractivity (Wildman–Crippen MR) is 57.3 cm³/mol. The quantitative estimate of drug-likeness (QED) is 0.570. The van der Waals surface area contributed by atoms with Gasteiger partial charge in [0.2, 0.25) is 0 Å². The van der Waals surface area contributed by atoms with Gasteiger partial charge in [-0.15, -0.1) is 0 Å². The van der Waals surface area contributed by atoms with E-state index >= 15 is 0 Å². The second-order valence-electron chi connectivity index (χ2n) is 5.20. The van der Waals surface area contributed by atoms with Crippen molar-refractivity contribution >= 4 is 0 Å². The van der Waals surface area contributed by atoms with E-state index in [0.29, 0.717) is 5.41 Å². The van der Waals surface area contributed by atoms with Crippen molar-refractivity contribution in [2.24, 2.45) is 17.3 Å². The van der Waals surface area contributed by atoms with Gasteiger partial charge in [-0.2, -0.15) is 0 Å². The van der Waals surface area contributed by atoms with Crippen LogP contribution >= 0.6 is 0 Å². The SMILES string of the molecule is CCC(C)CCC(C)(C)C(C)C.